The van der Waals surface area contributed by atoms with E-state index in [1.807, 2.05) is 0 Å². The van der Waals surface area contributed by atoms with Crippen LogP contribution in [0.15, 0.2) is 21.8 Å². The zero-order valence-electron chi connectivity index (χ0n) is 15.8. The minimum atomic E-state index is -3.97. The van der Waals surface area contributed by atoms with Gasteiger partial charge in [-0.2, -0.15) is 0 Å². The summed E-state index contributed by atoms with van der Waals surface area (Å²) in [4.78, 5) is 41.1. The molecule has 5 N–H and O–H groups in total. The molecule has 1 unspecified atom stereocenters. The molecule has 0 bridgehead atoms. The van der Waals surface area contributed by atoms with Crippen molar-refractivity contribution < 1.29 is 67.8 Å². The van der Waals surface area contributed by atoms with Crippen molar-refractivity contribution in [2.75, 3.05) is 23.2 Å². The van der Waals surface area contributed by atoms with Crippen LogP contribution in [0.3, 0.4) is 0 Å². The van der Waals surface area contributed by atoms with Gasteiger partial charge in [-0.05, 0) is 5.57 Å². The first kappa shape index (κ1) is 25.6. The van der Waals surface area contributed by atoms with Gasteiger partial charge in [0.05, 0.1) is 17.4 Å². The summed E-state index contributed by atoms with van der Waals surface area (Å²) < 4.78 is 23.3. The number of rotatable bonds is 7. The Hall–Kier alpha value is -1.69. The molecular formula is C14H14N5NaO8S3. The predicted molar refractivity (Wildman–Crippen MR) is 103 cm³/mol. The number of nitrogens with one attached hydrogen (secondary N) is 1. The number of thiazole rings is 1. The second-order valence-electron chi connectivity index (χ2n) is 6.14. The number of oxime groups is 1. The number of nitrogens with zero attached hydrogens (tertiary/aromatic N) is 3. The van der Waals surface area contributed by atoms with Gasteiger partial charge in [-0.15, -0.1) is 23.1 Å². The number of thioether (sulfide) groups is 1. The Labute approximate surface area is 205 Å². The van der Waals surface area contributed by atoms with Crippen LogP contribution in [0.25, 0.3) is 0 Å². The molecule has 1 fully saturated rings. The van der Waals surface area contributed by atoms with Gasteiger partial charge in [0.25, 0.3) is 11.8 Å². The summed E-state index contributed by atoms with van der Waals surface area (Å²) in [5.41, 5.74) is 4.28. The first-order valence-corrected chi connectivity index (χ1v) is 11.8. The third kappa shape index (κ3) is 5.05. The predicted octanol–water partition coefficient (Wildman–Crippen LogP) is -6.32. The normalized spacial score (nSPS) is 21.1. The van der Waals surface area contributed by atoms with E-state index >= 15 is 0 Å². The van der Waals surface area contributed by atoms with E-state index in [1.54, 1.807) is 0 Å². The van der Waals surface area contributed by atoms with Gasteiger partial charge in [0, 0.05) is 11.1 Å². The summed E-state index contributed by atoms with van der Waals surface area (Å²) in [5.74, 6) is -5.51. The number of nitrogen functional groups attached to an aromatic ring is 1. The number of carboxylic acids is 1. The fourth-order valence-corrected chi connectivity index (χ4v) is 5.80. The number of aromatic nitrogens is 1. The number of hydrogen-bond donors (Lipinski definition) is 4. The maximum absolute atomic E-state index is 12.5. The monoisotopic (exact) mass is 499 g/mol. The third-order valence-corrected chi connectivity index (χ3v) is 7.39. The number of sulfone groups is 1. The molecule has 1 aromatic heterocycles. The summed E-state index contributed by atoms with van der Waals surface area (Å²) in [6, 6.07) is -1.15. The smallest absolute Gasteiger partial charge is 0.543 e. The molecule has 0 radical (unpaired) electrons. The van der Waals surface area contributed by atoms with E-state index in [-0.39, 0.29) is 51.7 Å². The van der Waals surface area contributed by atoms with E-state index in [2.05, 4.69) is 15.5 Å². The van der Waals surface area contributed by atoms with Gasteiger partial charge in [-0.25, -0.2) is 13.4 Å². The number of nitrogens with two attached hydrogens (primary N) is 1. The van der Waals surface area contributed by atoms with Crippen molar-refractivity contribution in [3.63, 3.8) is 0 Å². The summed E-state index contributed by atoms with van der Waals surface area (Å²) in [7, 11) is -3.97. The first-order valence-electron chi connectivity index (χ1n) is 8.03. The molecule has 2 atom stereocenters. The Morgan fingerprint density at radius 2 is 2.13 bits per heavy atom. The second kappa shape index (κ2) is 9.85. The van der Waals surface area contributed by atoms with Gasteiger partial charge < -0.3 is 31.3 Å². The number of fused-ring (bicyclic) bond motifs is 1. The van der Waals surface area contributed by atoms with Gasteiger partial charge in [0.1, 0.15) is 23.0 Å². The number of aliphatic hydroxyl groups is 1. The van der Waals surface area contributed by atoms with Crippen molar-refractivity contribution in [1.29, 1.82) is 0 Å². The van der Waals surface area contributed by atoms with E-state index in [9.17, 15) is 27.9 Å². The fraction of sp³-hybridized carbons (Fsp3) is 0.357. The maximum atomic E-state index is 12.5. The molecule has 0 aromatic carbocycles. The second-order valence-corrected chi connectivity index (χ2v) is 10.2. The van der Waals surface area contributed by atoms with E-state index in [4.69, 9.17) is 16.0 Å². The molecule has 3 rings (SSSR count). The summed E-state index contributed by atoms with van der Waals surface area (Å²) in [6.07, 6.45) is 0. The van der Waals surface area contributed by atoms with Crippen LogP contribution in [0.4, 0.5) is 5.13 Å². The van der Waals surface area contributed by atoms with E-state index in [0.29, 0.717) is 0 Å². The van der Waals surface area contributed by atoms with Gasteiger partial charge in [0.2, 0.25) is 0 Å². The van der Waals surface area contributed by atoms with E-state index < -0.39 is 62.1 Å². The number of carbonyl (C=O) groups excluding carboxylic acids is 3. The summed E-state index contributed by atoms with van der Waals surface area (Å²) in [5, 5.41) is 35.5. The molecule has 2 aliphatic rings. The molecule has 1 saturated heterocycles. The Kier molecular flexibility index (Phi) is 8.12. The van der Waals surface area contributed by atoms with Crippen LogP contribution in [0.2, 0.25) is 0 Å². The zero-order valence-corrected chi connectivity index (χ0v) is 20.3. The first-order chi connectivity index (χ1) is 14.1. The number of amides is 2. The van der Waals surface area contributed by atoms with Gasteiger partial charge in [-0.1, -0.05) is 5.16 Å². The minimum absolute atomic E-state index is 0. The molecule has 0 saturated carbocycles. The van der Waals surface area contributed by atoms with Gasteiger partial charge in [0.15, 0.2) is 20.7 Å². The largest absolute Gasteiger partial charge is 1.00 e. The Morgan fingerprint density at radius 3 is 2.65 bits per heavy atom. The summed E-state index contributed by atoms with van der Waals surface area (Å²) >= 11 is 2.03. The molecule has 1 aromatic rings. The topological polar surface area (TPSA) is 215 Å². The molecule has 3 heterocycles. The van der Waals surface area contributed by atoms with E-state index in [1.165, 1.54) is 5.38 Å². The Bertz CT molecular complexity index is 1090. The molecule has 13 nitrogen and oxygen atoms in total. The quantitative estimate of drug-likeness (QED) is 0.0909. The third-order valence-electron chi connectivity index (χ3n) is 4.20. The van der Waals surface area contributed by atoms with Gasteiger partial charge >= 0.3 is 29.6 Å². The van der Waals surface area contributed by atoms with Crippen LogP contribution in [-0.4, -0.2) is 81.0 Å². The van der Waals surface area contributed by atoms with Crippen molar-refractivity contribution in [1.82, 2.24) is 15.2 Å². The average Bonchev–Trinajstić information content (AvgIpc) is 3.11. The molecule has 2 aliphatic heterocycles. The fourth-order valence-electron chi connectivity index (χ4n) is 2.91. The van der Waals surface area contributed by atoms with Crippen LogP contribution in [0.1, 0.15) is 5.69 Å². The maximum Gasteiger partial charge on any atom is 1.00 e. The number of anilines is 1. The van der Waals surface area contributed by atoms with Crippen molar-refractivity contribution in [2.24, 2.45) is 5.16 Å². The van der Waals surface area contributed by atoms with Crippen molar-refractivity contribution >= 4 is 61.6 Å². The van der Waals surface area contributed by atoms with Crippen molar-refractivity contribution in [3.05, 3.63) is 22.3 Å². The molecule has 2 amide bonds. The zero-order chi connectivity index (χ0) is 22.2. The number of aliphatic hydroxyl groups excluding tert-OH is 1. The standard InChI is InChI=1S/C14H15N5O8S3.Na/c15-14-16-6(2-29-14)7(18-25)10(21)17-8-11(22)19-9(13(23)24)5(1-28-12(8)19)3-30(26,27)4-20;/h2,8,12,20,25H,1,3-4H2,(H2,15,16)(H,17,21)(H,23,24);/q;+1/p-1/b18-7-;/t8?,12-;/m1./s1. The van der Waals surface area contributed by atoms with Crippen LogP contribution in [-0.2, 0) is 24.2 Å². The average molecular weight is 499 g/mol. The number of hydrogen-bond acceptors (Lipinski definition) is 13. The number of β-lactam (4-membered cyclic amide) rings is 1. The van der Waals surface area contributed by atoms with E-state index in [0.717, 1.165) is 28.0 Å². The Balaban J connectivity index is 0.00000341. The van der Waals surface area contributed by atoms with Crippen molar-refractivity contribution in [2.45, 2.75) is 11.4 Å². The molecule has 31 heavy (non-hydrogen) atoms. The molecule has 162 valence electrons. The minimum Gasteiger partial charge on any atom is -0.543 e. The van der Waals surface area contributed by atoms with Gasteiger partial charge in [-0.3, -0.25) is 14.5 Å². The Morgan fingerprint density at radius 1 is 1.45 bits per heavy atom. The molecule has 17 heteroatoms. The number of aliphatic carboxylic acids is 1. The summed E-state index contributed by atoms with van der Waals surface area (Å²) in [6.45, 7) is 0. The molecular weight excluding hydrogens is 485 g/mol. The number of carboxylic acid groups (broad SMARTS) is 1. The van der Waals surface area contributed by atoms with Crippen LogP contribution >= 0.6 is 23.1 Å². The van der Waals surface area contributed by atoms with Crippen LogP contribution < -0.4 is 45.7 Å². The SMILES string of the molecule is Nc1nc(/C(=N/O)C(=O)NC2C(=O)N3C(C(=O)[O-])=C(CS(=O)(=O)CO)CS[C@H]23)cs1.[Na+]. The van der Waals surface area contributed by atoms with Crippen LogP contribution in [0, 0.1) is 0 Å². The van der Waals surface area contributed by atoms with Crippen molar-refractivity contribution in [3.8, 4) is 0 Å². The molecule has 0 aliphatic carbocycles. The van der Waals surface area contributed by atoms with Crippen LogP contribution in [0.5, 0.6) is 0 Å². The number of carbonyl (C=O) groups is 3. The molecule has 0 spiro atoms.